The predicted molar refractivity (Wildman–Crippen MR) is 80.6 cm³/mol. The molecule has 3 nitrogen and oxygen atoms in total. The van der Waals surface area contributed by atoms with E-state index in [9.17, 15) is 0 Å². The maximum Gasteiger partial charge on any atom is 0.133 e. The average molecular weight is 255 g/mol. The monoisotopic (exact) mass is 255 g/mol. The molecule has 1 aromatic heterocycles. The third-order valence-corrected chi connectivity index (χ3v) is 3.38. The van der Waals surface area contributed by atoms with E-state index in [-0.39, 0.29) is 0 Å². The SMILES string of the molecule is CCNc1nc(C)nc(-c2ccc(C)c(C)c2)c1C. The number of rotatable bonds is 3. The van der Waals surface area contributed by atoms with E-state index in [0.717, 1.165) is 35.0 Å². The Labute approximate surface area is 115 Å². The van der Waals surface area contributed by atoms with Crippen LogP contribution in [-0.4, -0.2) is 16.5 Å². The quantitative estimate of drug-likeness (QED) is 0.906. The lowest BCUT2D eigenvalue weighted by molar-refractivity contribution is 1.02. The molecule has 19 heavy (non-hydrogen) atoms. The van der Waals surface area contributed by atoms with Crippen molar-refractivity contribution in [2.45, 2.75) is 34.6 Å². The van der Waals surface area contributed by atoms with Gasteiger partial charge in [0.05, 0.1) is 5.69 Å². The van der Waals surface area contributed by atoms with Crippen LogP contribution in [0.4, 0.5) is 5.82 Å². The lowest BCUT2D eigenvalue weighted by Crippen LogP contribution is -2.06. The fraction of sp³-hybridized carbons (Fsp3) is 0.375. The van der Waals surface area contributed by atoms with Crippen LogP contribution in [0.2, 0.25) is 0 Å². The van der Waals surface area contributed by atoms with E-state index in [2.05, 4.69) is 61.2 Å². The largest absolute Gasteiger partial charge is 0.370 e. The highest BCUT2D eigenvalue weighted by atomic mass is 15.0. The van der Waals surface area contributed by atoms with E-state index in [0.29, 0.717) is 0 Å². The van der Waals surface area contributed by atoms with E-state index >= 15 is 0 Å². The molecule has 1 N–H and O–H groups in total. The summed E-state index contributed by atoms with van der Waals surface area (Å²) >= 11 is 0. The summed E-state index contributed by atoms with van der Waals surface area (Å²) in [6, 6.07) is 6.47. The summed E-state index contributed by atoms with van der Waals surface area (Å²) in [5, 5.41) is 3.30. The highest BCUT2D eigenvalue weighted by Gasteiger charge is 2.11. The van der Waals surface area contributed by atoms with Gasteiger partial charge in [-0.15, -0.1) is 0 Å². The van der Waals surface area contributed by atoms with Gasteiger partial charge in [-0.25, -0.2) is 9.97 Å². The molecule has 0 bridgehead atoms. The lowest BCUT2D eigenvalue weighted by atomic mass is 10.0. The molecule has 0 unspecified atom stereocenters. The van der Waals surface area contributed by atoms with Crippen molar-refractivity contribution in [2.75, 3.05) is 11.9 Å². The van der Waals surface area contributed by atoms with Gasteiger partial charge in [-0.05, 0) is 51.8 Å². The van der Waals surface area contributed by atoms with Crippen molar-refractivity contribution in [3.8, 4) is 11.3 Å². The minimum Gasteiger partial charge on any atom is -0.370 e. The van der Waals surface area contributed by atoms with E-state index < -0.39 is 0 Å². The smallest absolute Gasteiger partial charge is 0.133 e. The van der Waals surface area contributed by atoms with E-state index in [1.807, 2.05) is 6.92 Å². The van der Waals surface area contributed by atoms with Crippen molar-refractivity contribution < 1.29 is 0 Å². The molecule has 2 rings (SSSR count). The van der Waals surface area contributed by atoms with Gasteiger partial charge in [-0.1, -0.05) is 12.1 Å². The minimum absolute atomic E-state index is 0.801. The first kappa shape index (κ1) is 13.5. The van der Waals surface area contributed by atoms with Crippen LogP contribution in [0.25, 0.3) is 11.3 Å². The van der Waals surface area contributed by atoms with Crippen LogP contribution in [0, 0.1) is 27.7 Å². The summed E-state index contributed by atoms with van der Waals surface area (Å²) in [5.74, 6) is 1.73. The van der Waals surface area contributed by atoms with Crippen LogP contribution in [0.5, 0.6) is 0 Å². The molecule has 3 heteroatoms. The summed E-state index contributed by atoms with van der Waals surface area (Å²) in [5.41, 5.74) is 5.88. The van der Waals surface area contributed by atoms with Crippen molar-refractivity contribution in [1.82, 2.24) is 9.97 Å². The zero-order chi connectivity index (χ0) is 14.0. The predicted octanol–water partition coefficient (Wildman–Crippen LogP) is 3.81. The Morgan fingerprint density at radius 1 is 1.00 bits per heavy atom. The molecule has 0 aliphatic carbocycles. The van der Waals surface area contributed by atoms with Gasteiger partial charge < -0.3 is 5.32 Å². The van der Waals surface area contributed by atoms with Gasteiger partial charge >= 0.3 is 0 Å². The van der Waals surface area contributed by atoms with Crippen molar-refractivity contribution in [2.24, 2.45) is 0 Å². The summed E-state index contributed by atoms with van der Waals surface area (Å²) < 4.78 is 0. The molecule has 0 aliphatic rings. The van der Waals surface area contributed by atoms with Crippen molar-refractivity contribution in [3.05, 3.63) is 40.7 Å². The Balaban J connectivity index is 2.57. The molecule has 1 aromatic carbocycles. The summed E-state index contributed by atoms with van der Waals surface area (Å²) in [4.78, 5) is 9.07. The summed E-state index contributed by atoms with van der Waals surface area (Å²) in [7, 11) is 0. The number of nitrogens with zero attached hydrogens (tertiary/aromatic N) is 2. The zero-order valence-corrected chi connectivity index (χ0v) is 12.3. The number of anilines is 1. The molecule has 0 saturated carbocycles. The van der Waals surface area contributed by atoms with Crippen molar-refractivity contribution in [3.63, 3.8) is 0 Å². The van der Waals surface area contributed by atoms with Crippen LogP contribution in [0.15, 0.2) is 18.2 Å². The van der Waals surface area contributed by atoms with Crippen LogP contribution in [0.1, 0.15) is 29.4 Å². The number of aryl methyl sites for hydroxylation is 3. The van der Waals surface area contributed by atoms with E-state index in [1.54, 1.807) is 0 Å². The Kier molecular flexibility index (Phi) is 3.84. The number of hydrogen-bond donors (Lipinski definition) is 1. The normalized spacial score (nSPS) is 10.6. The second kappa shape index (κ2) is 5.39. The Morgan fingerprint density at radius 2 is 1.74 bits per heavy atom. The molecule has 2 aromatic rings. The molecular formula is C16H21N3. The standard InChI is InChI=1S/C16H21N3/c1-6-17-16-12(4)15(18-13(5)19-16)14-8-7-10(2)11(3)9-14/h7-9H,6H2,1-5H3,(H,17,18,19). The first-order chi connectivity index (χ1) is 9.02. The van der Waals surface area contributed by atoms with Gasteiger partial charge in [0, 0.05) is 17.7 Å². The Morgan fingerprint density at radius 3 is 2.37 bits per heavy atom. The van der Waals surface area contributed by atoms with Crippen LogP contribution in [0.3, 0.4) is 0 Å². The summed E-state index contributed by atoms with van der Waals surface area (Å²) in [6.07, 6.45) is 0. The zero-order valence-electron chi connectivity index (χ0n) is 12.3. The second-order valence-electron chi connectivity index (χ2n) is 4.92. The highest BCUT2D eigenvalue weighted by molar-refractivity contribution is 5.69. The maximum atomic E-state index is 4.61. The number of benzene rings is 1. The number of hydrogen-bond acceptors (Lipinski definition) is 3. The fourth-order valence-corrected chi connectivity index (χ4v) is 2.14. The molecule has 0 atom stereocenters. The molecule has 1 heterocycles. The average Bonchev–Trinajstić information content (AvgIpc) is 2.37. The van der Waals surface area contributed by atoms with Gasteiger partial charge in [-0.2, -0.15) is 0 Å². The first-order valence-electron chi connectivity index (χ1n) is 6.69. The van der Waals surface area contributed by atoms with Crippen LogP contribution in [-0.2, 0) is 0 Å². The molecule has 100 valence electrons. The molecule has 0 spiro atoms. The van der Waals surface area contributed by atoms with E-state index in [1.165, 1.54) is 11.1 Å². The van der Waals surface area contributed by atoms with Gasteiger partial charge in [0.1, 0.15) is 11.6 Å². The second-order valence-corrected chi connectivity index (χ2v) is 4.92. The van der Waals surface area contributed by atoms with Gasteiger partial charge in [-0.3, -0.25) is 0 Å². The molecule has 0 fully saturated rings. The van der Waals surface area contributed by atoms with E-state index in [4.69, 9.17) is 0 Å². The van der Waals surface area contributed by atoms with Crippen LogP contribution >= 0.6 is 0 Å². The topological polar surface area (TPSA) is 37.8 Å². The van der Waals surface area contributed by atoms with Crippen LogP contribution < -0.4 is 5.32 Å². The highest BCUT2D eigenvalue weighted by Crippen LogP contribution is 2.27. The lowest BCUT2D eigenvalue weighted by Gasteiger charge is -2.13. The third-order valence-electron chi connectivity index (χ3n) is 3.38. The third kappa shape index (κ3) is 2.75. The van der Waals surface area contributed by atoms with Crippen molar-refractivity contribution in [1.29, 1.82) is 0 Å². The van der Waals surface area contributed by atoms with Gasteiger partial charge in [0.2, 0.25) is 0 Å². The molecule has 0 aliphatic heterocycles. The molecular weight excluding hydrogens is 234 g/mol. The molecule has 0 saturated heterocycles. The number of aromatic nitrogens is 2. The molecule has 0 amide bonds. The Hall–Kier alpha value is -1.90. The summed E-state index contributed by atoms with van der Waals surface area (Å²) in [6.45, 7) is 11.2. The Bertz CT molecular complexity index is 603. The maximum absolute atomic E-state index is 4.61. The van der Waals surface area contributed by atoms with Crippen molar-refractivity contribution >= 4 is 5.82 Å². The van der Waals surface area contributed by atoms with Gasteiger partial charge in [0.25, 0.3) is 0 Å². The number of nitrogens with one attached hydrogen (secondary N) is 1. The molecule has 0 radical (unpaired) electrons. The first-order valence-corrected chi connectivity index (χ1v) is 6.69. The minimum atomic E-state index is 0.801. The van der Waals surface area contributed by atoms with Gasteiger partial charge in [0.15, 0.2) is 0 Å². The fourth-order valence-electron chi connectivity index (χ4n) is 2.14.